The molecule has 2 heterocycles. The molecule has 0 aliphatic carbocycles. The van der Waals surface area contributed by atoms with E-state index in [-0.39, 0.29) is 12.3 Å². The Labute approximate surface area is 150 Å². The van der Waals surface area contributed by atoms with Crippen LogP contribution in [0.3, 0.4) is 0 Å². The van der Waals surface area contributed by atoms with Crippen LogP contribution in [-0.2, 0) is 24.4 Å². The third-order valence-corrected chi connectivity index (χ3v) is 4.51. The van der Waals surface area contributed by atoms with E-state index >= 15 is 0 Å². The Morgan fingerprint density at radius 3 is 2.77 bits per heavy atom. The first-order valence-corrected chi connectivity index (χ1v) is 8.44. The Hall–Kier alpha value is -2.32. The second kappa shape index (κ2) is 7.51. The van der Waals surface area contributed by atoms with Crippen LogP contribution in [0.1, 0.15) is 29.5 Å². The number of amides is 1. The lowest BCUT2D eigenvalue weighted by atomic mass is 10.1. The molecule has 1 aromatic carbocycles. The lowest BCUT2D eigenvalue weighted by molar-refractivity contribution is -0.130. The van der Waals surface area contributed by atoms with Crippen LogP contribution in [0.5, 0.6) is 0 Å². The van der Waals surface area contributed by atoms with Crippen molar-refractivity contribution < 1.29 is 18.7 Å². The number of hydrogen-bond acceptors (Lipinski definition) is 4. The highest BCUT2D eigenvalue weighted by atomic mass is 19.1. The van der Waals surface area contributed by atoms with Gasteiger partial charge in [0.05, 0.1) is 24.4 Å². The van der Waals surface area contributed by atoms with E-state index in [2.05, 4.69) is 5.10 Å². The van der Waals surface area contributed by atoms with Crippen LogP contribution in [0.2, 0.25) is 0 Å². The number of rotatable bonds is 5. The fraction of sp³-hybridized carbons (Fsp3) is 0.444. The molecular weight excluding hydrogens is 342 g/mol. The molecule has 0 spiro atoms. The summed E-state index contributed by atoms with van der Waals surface area (Å²) >= 11 is 0. The average molecular weight is 364 g/mol. The molecule has 2 aromatic rings. The Balaban J connectivity index is 1.67. The predicted octanol–water partition coefficient (Wildman–Crippen LogP) is 1.69. The van der Waals surface area contributed by atoms with Gasteiger partial charge in [-0.1, -0.05) is 6.07 Å². The molecule has 1 aliphatic rings. The number of halogens is 2. The number of hydrogen-bond donors (Lipinski definition) is 1. The molecule has 6 nitrogen and oxygen atoms in total. The van der Waals surface area contributed by atoms with Gasteiger partial charge in [0.25, 0.3) is 0 Å². The molecule has 1 aliphatic heterocycles. The van der Waals surface area contributed by atoms with Crippen molar-refractivity contribution in [1.82, 2.24) is 19.6 Å². The molecule has 1 N–H and O–H groups in total. The maximum Gasteiger partial charge on any atom is 0.225 e. The summed E-state index contributed by atoms with van der Waals surface area (Å²) < 4.78 is 28.7. The Morgan fingerprint density at radius 2 is 2.08 bits per heavy atom. The van der Waals surface area contributed by atoms with Gasteiger partial charge in [0.2, 0.25) is 5.91 Å². The molecule has 0 bridgehead atoms. The van der Waals surface area contributed by atoms with Crippen LogP contribution in [0.15, 0.2) is 24.3 Å². The molecule has 0 saturated heterocycles. The highest BCUT2D eigenvalue weighted by Crippen LogP contribution is 2.22. The van der Waals surface area contributed by atoms with Gasteiger partial charge in [-0.2, -0.15) is 5.10 Å². The van der Waals surface area contributed by atoms with E-state index in [9.17, 15) is 18.7 Å². The van der Waals surface area contributed by atoms with E-state index in [1.807, 2.05) is 4.90 Å². The van der Waals surface area contributed by atoms with Crippen LogP contribution in [0.4, 0.5) is 8.78 Å². The van der Waals surface area contributed by atoms with Gasteiger partial charge >= 0.3 is 0 Å². The maximum absolute atomic E-state index is 13.8. The van der Waals surface area contributed by atoms with Gasteiger partial charge in [-0.15, -0.1) is 0 Å². The SMILES string of the molecule is CN(C)C(=O)C[C@H](O)c1cc2n(n1)CCN(Cc1ccc(F)cc1F)C2. The van der Waals surface area contributed by atoms with E-state index in [0.29, 0.717) is 37.4 Å². The molecule has 0 fully saturated rings. The molecule has 0 saturated carbocycles. The van der Waals surface area contributed by atoms with E-state index in [0.717, 1.165) is 11.8 Å². The summed E-state index contributed by atoms with van der Waals surface area (Å²) in [6.45, 7) is 2.18. The highest BCUT2D eigenvalue weighted by molar-refractivity contribution is 5.76. The van der Waals surface area contributed by atoms with E-state index in [1.165, 1.54) is 17.0 Å². The fourth-order valence-corrected chi connectivity index (χ4v) is 2.98. The third-order valence-electron chi connectivity index (χ3n) is 4.51. The van der Waals surface area contributed by atoms with Crippen LogP contribution in [0.25, 0.3) is 0 Å². The molecule has 1 atom stereocenters. The van der Waals surface area contributed by atoms with Gasteiger partial charge in [0.1, 0.15) is 17.7 Å². The maximum atomic E-state index is 13.8. The summed E-state index contributed by atoms with van der Waals surface area (Å²) in [5.74, 6) is -1.31. The topological polar surface area (TPSA) is 61.6 Å². The van der Waals surface area contributed by atoms with Crippen molar-refractivity contribution in [2.24, 2.45) is 0 Å². The van der Waals surface area contributed by atoms with Crippen LogP contribution < -0.4 is 0 Å². The first kappa shape index (κ1) is 18.5. The lowest BCUT2D eigenvalue weighted by Gasteiger charge is -2.27. The lowest BCUT2D eigenvalue weighted by Crippen LogP contribution is -2.33. The minimum absolute atomic E-state index is 0.0199. The molecule has 1 amide bonds. The van der Waals surface area contributed by atoms with E-state index < -0.39 is 17.7 Å². The molecule has 1 aromatic heterocycles. The summed E-state index contributed by atoms with van der Waals surface area (Å²) in [6.07, 6.45) is -0.973. The van der Waals surface area contributed by atoms with Gasteiger partial charge in [-0.3, -0.25) is 14.4 Å². The normalized spacial score (nSPS) is 15.6. The molecule has 140 valence electrons. The number of carbonyl (C=O) groups excluding carboxylic acids is 1. The summed E-state index contributed by atoms with van der Waals surface area (Å²) in [6, 6.07) is 5.38. The van der Waals surface area contributed by atoms with Crippen LogP contribution >= 0.6 is 0 Å². The number of nitrogens with zero attached hydrogens (tertiary/aromatic N) is 4. The Morgan fingerprint density at radius 1 is 1.31 bits per heavy atom. The largest absolute Gasteiger partial charge is 0.386 e. The zero-order chi connectivity index (χ0) is 18.8. The highest BCUT2D eigenvalue weighted by Gasteiger charge is 2.23. The quantitative estimate of drug-likeness (QED) is 0.877. The van der Waals surface area contributed by atoms with Gasteiger partial charge in [-0.05, 0) is 12.1 Å². The van der Waals surface area contributed by atoms with E-state index in [1.54, 1.807) is 24.8 Å². The van der Waals surface area contributed by atoms with Gasteiger partial charge in [0.15, 0.2) is 0 Å². The molecule has 8 heteroatoms. The van der Waals surface area contributed by atoms with Crippen molar-refractivity contribution in [2.45, 2.75) is 32.2 Å². The fourth-order valence-electron chi connectivity index (χ4n) is 2.98. The molecular formula is C18H22F2N4O2. The second-order valence-electron chi connectivity index (χ2n) is 6.74. The number of carbonyl (C=O) groups is 1. The minimum atomic E-state index is -0.953. The monoisotopic (exact) mass is 364 g/mol. The summed E-state index contributed by atoms with van der Waals surface area (Å²) in [5.41, 5.74) is 1.80. The number of aliphatic hydroxyl groups is 1. The molecule has 0 unspecified atom stereocenters. The zero-order valence-corrected chi connectivity index (χ0v) is 14.8. The number of benzene rings is 1. The van der Waals surface area contributed by atoms with Gasteiger partial charge < -0.3 is 10.0 Å². The molecule has 3 rings (SSSR count). The number of fused-ring (bicyclic) bond motifs is 1. The van der Waals surface area contributed by atoms with Crippen molar-refractivity contribution in [1.29, 1.82) is 0 Å². The zero-order valence-electron chi connectivity index (χ0n) is 14.8. The number of aliphatic hydroxyl groups excluding tert-OH is 1. The van der Waals surface area contributed by atoms with Crippen LogP contribution in [-0.4, -0.2) is 51.2 Å². The van der Waals surface area contributed by atoms with Crippen molar-refractivity contribution in [3.8, 4) is 0 Å². The van der Waals surface area contributed by atoms with Crippen molar-refractivity contribution in [2.75, 3.05) is 20.6 Å². The molecule has 26 heavy (non-hydrogen) atoms. The standard InChI is InChI=1S/C18H22F2N4O2/c1-22(2)18(26)9-17(25)16-8-14-11-23(5-6-24(14)21-16)10-12-3-4-13(19)7-15(12)20/h3-4,7-8,17,25H,5-6,9-11H2,1-2H3/t17-/m0/s1. The minimum Gasteiger partial charge on any atom is -0.386 e. The number of aromatic nitrogens is 2. The summed E-state index contributed by atoms with van der Waals surface area (Å²) in [4.78, 5) is 15.2. The smallest absolute Gasteiger partial charge is 0.225 e. The van der Waals surface area contributed by atoms with Crippen LogP contribution in [0, 0.1) is 11.6 Å². The Kier molecular flexibility index (Phi) is 5.33. The Bertz CT molecular complexity index is 806. The van der Waals surface area contributed by atoms with Gasteiger partial charge in [0, 0.05) is 45.4 Å². The average Bonchev–Trinajstić information content (AvgIpc) is 3.00. The summed E-state index contributed by atoms with van der Waals surface area (Å²) in [5, 5.41) is 14.6. The first-order valence-electron chi connectivity index (χ1n) is 8.44. The third kappa shape index (κ3) is 4.08. The van der Waals surface area contributed by atoms with E-state index in [4.69, 9.17) is 0 Å². The predicted molar refractivity (Wildman–Crippen MR) is 91.0 cm³/mol. The van der Waals surface area contributed by atoms with Crippen molar-refractivity contribution in [3.63, 3.8) is 0 Å². The molecule has 0 radical (unpaired) electrons. The second-order valence-corrected chi connectivity index (χ2v) is 6.74. The summed E-state index contributed by atoms with van der Waals surface area (Å²) in [7, 11) is 3.28. The van der Waals surface area contributed by atoms with Gasteiger partial charge in [-0.25, -0.2) is 8.78 Å². The van der Waals surface area contributed by atoms with Crippen molar-refractivity contribution >= 4 is 5.91 Å². The van der Waals surface area contributed by atoms with Crippen molar-refractivity contribution in [3.05, 3.63) is 52.9 Å². The first-order chi connectivity index (χ1) is 12.3.